The van der Waals surface area contributed by atoms with Crippen LogP contribution in [-0.2, 0) is 0 Å². The van der Waals surface area contributed by atoms with E-state index in [1.54, 1.807) is 7.05 Å². The van der Waals surface area contributed by atoms with Gasteiger partial charge in [0.25, 0.3) is 5.92 Å². The average molecular weight is 149 g/mol. The third kappa shape index (κ3) is 1.45. The fourth-order valence-electron chi connectivity index (χ4n) is 1.45. The first-order valence-electron chi connectivity index (χ1n) is 3.72. The summed E-state index contributed by atoms with van der Waals surface area (Å²) in [6.45, 7) is 0. The lowest BCUT2D eigenvalue weighted by atomic mass is 9.92. The van der Waals surface area contributed by atoms with E-state index >= 15 is 0 Å². The van der Waals surface area contributed by atoms with E-state index in [0.717, 1.165) is 6.42 Å². The fraction of sp³-hybridized carbons (Fsp3) is 1.00. The summed E-state index contributed by atoms with van der Waals surface area (Å²) in [5, 5.41) is 2.64. The number of nitrogens with one attached hydrogen (secondary N) is 1. The number of rotatable bonds is 1. The van der Waals surface area contributed by atoms with Crippen LogP contribution in [0.15, 0.2) is 0 Å². The molecule has 1 aliphatic carbocycles. The molecule has 0 aromatic heterocycles. The van der Waals surface area contributed by atoms with Gasteiger partial charge in [-0.2, -0.15) is 0 Å². The molecule has 1 rings (SSSR count). The van der Waals surface area contributed by atoms with E-state index in [-0.39, 0.29) is 6.42 Å². The Hall–Kier alpha value is -0.180. The van der Waals surface area contributed by atoms with Crippen molar-refractivity contribution < 1.29 is 8.78 Å². The molecule has 0 aromatic rings. The molecule has 1 atom stereocenters. The summed E-state index contributed by atoms with van der Waals surface area (Å²) in [6.07, 6.45) is 2.27. The Morgan fingerprint density at radius 1 is 1.40 bits per heavy atom. The number of halogens is 2. The monoisotopic (exact) mass is 149 g/mol. The topological polar surface area (TPSA) is 12.0 Å². The van der Waals surface area contributed by atoms with Gasteiger partial charge >= 0.3 is 0 Å². The van der Waals surface area contributed by atoms with Gasteiger partial charge in [-0.1, -0.05) is 6.42 Å². The molecule has 0 saturated heterocycles. The van der Waals surface area contributed by atoms with Gasteiger partial charge in [-0.3, -0.25) is 0 Å². The van der Waals surface area contributed by atoms with Gasteiger partial charge in [-0.05, 0) is 19.9 Å². The van der Waals surface area contributed by atoms with Crippen LogP contribution < -0.4 is 5.32 Å². The molecule has 0 amide bonds. The summed E-state index contributed by atoms with van der Waals surface area (Å²) in [5.41, 5.74) is 0. The first kappa shape index (κ1) is 7.92. The molecule has 0 radical (unpaired) electrons. The Morgan fingerprint density at radius 3 is 2.50 bits per heavy atom. The molecule has 1 fully saturated rings. The van der Waals surface area contributed by atoms with Crippen LogP contribution in [0.1, 0.15) is 25.7 Å². The minimum Gasteiger partial charge on any atom is -0.312 e. The highest BCUT2D eigenvalue weighted by atomic mass is 19.3. The Labute approximate surface area is 59.8 Å². The van der Waals surface area contributed by atoms with E-state index in [4.69, 9.17) is 0 Å². The van der Waals surface area contributed by atoms with Crippen molar-refractivity contribution in [3.05, 3.63) is 0 Å². The molecule has 0 spiro atoms. The van der Waals surface area contributed by atoms with Gasteiger partial charge in [-0.25, -0.2) is 8.78 Å². The van der Waals surface area contributed by atoms with Gasteiger partial charge in [0, 0.05) is 6.42 Å². The van der Waals surface area contributed by atoms with Crippen LogP contribution in [-0.4, -0.2) is 19.0 Å². The minimum absolute atomic E-state index is 0.0541. The van der Waals surface area contributed by atoms with Gasteiger partial charge in [0.1, 0.15) is 0 Å². The lowest BCUT2D eigenvalue weighted by Gasteiger charge is -2.30. The van der Waals surface area contributed by atoms with E-state index in [1.807, 2.05) is 0 Å². The Bertz CT molecular complexity index is 114. The summed E-state index contributed by atoms with van der Waals surface area (Å²) in [4.78, 5) is 0. The molecular weight excluding hydrogens is 136 g/mol. The van der Waals surface area contributed by atoms with Crippen LogP contribution in [0.25, 0.3) is 0 Å². The summed E-state index contributed by atoms with van der Waals surface area (Å²) in [7, 11) is 1.60. The predicted molar refractivity (Wildman–Crippen MR) is 36.3 cm³/mol. The van der Waals surface area contributed by atoms with Gasteiger partial charge in [0.2, 0.25) is 0 Å². The van der Waals surface area contributed by atoms with E-state index in [9.17, 15) is 8.78 Å². The molecule has 0 heterocycles. The highest BCUT2D eigenvalue weighted by Gasteiger charge is 2.40. The summed E-state index contributed by atoms with van der Waals surface area (Å²) in [5.74, 6) is -2.47. The van der Waals surface area contributed by atoms with Crippen molar-refractivity contribution in [1.82, 2.24) is 5.32 Å². The van der Waals surface area contributed by atoms with E-state index in [0.29, 0.717) is 12.8 Å². The molecule has 10 heavy (non-hydrogen) atoms. The van der Waals surface area contributed by atoms with Crippen LogP contribution in [0, 0.1) is 0 Å². The third-order valence-electron chi connectivity index (χ3n) is 2.11. The summed E-state index contributed by atoms with van der Waals surface area (Å²) in [6, 6.07) is -0.582. The molecule has 1 N–H and O–H groups in total. The lowest BCUT2D eigenvalue weighted by Crippen LogP contribution is -2.45. The smallest absolute Gasteiger partial charge is 0.263 e. The molecule has 1 unspecified atom stereocenters. The van der Waals surface area contributed by atoms with Crippen molar-refractivity contribution >= 4 is 0 Å². The highest BCUT2D eigenvalue weighted by molar-refractivity contribution is 4.85. The Morgan fingerprint density at radius 2 is 2.10 bits per heavy atom. The molecule has 0 aliphatic heterocycles. The van der Waals surface area contributed by atoms with Crippen LogP contribution in [0.2, 0.25) is 0 Å². The van der Waals surface area contributed by atoms with Gasteiger partial charge in [0.15, 0.2) is 0 Å². The zero-order chi connectivity index (χ0) is 7.61. The molecule has 0 bridgehead atoms. The zero-order valence-corrected chi connectivity index (χ0v) is 6.16. The second-order valence-corrected chi connectivity index (χ2v) is 2.85. The molecule has 3 heteroatoms. The van der Waals surface area contributed by atoms with Crippen molar-refractivity contribution in [2.24, 2.45) is 0 Å². The Balaban J connectivity index is 2.51. The Kier molecular flexibility index (Phi) is 2.24. The molecular formula is C7H13F2N. The zero-order valence-electron chi connectivity index (χ0n) is 6.16. The second kappa shape index (κ2) is 2.82. The van der Waals surface area contributed by atoms with E-state index in [1.165, 1.54) is 0 Å². The van der Waals surface area contributed by atoms with Gasteiger partial charge in [0.05, 0.1) is 6.04 Å². The van der Waals surface area contributed by atoms with Crippen molar-refractivity contribution in [2.45, 2.75) is 37.6 Å². The summed E-state index contributed by atoms with van der Waals surface area (Å²) >= 11 is 0. The standard InChI is InChI=1S/C7H13F2N/c1-10-6-4-2-3-5-7(6,8)9/h6,10H,2-5H2,1H3. The van der Waals surface area contributed by atoms with Crippen molar-refractivity contribution in [1.29, 1.82) is 0 Å². The maximum atomic E-state index is 12.8. The van der Waals surface area contributed by atoms with E-state index < -0.39 is 12.0 Å². The molecule has 1 nitrogen and oxygen atoms in total. The number of alkyl halides is 2. The molecule has 1 saturated carbocycles. The lowest BCUT2D eigenvalue weighted by molar-refractivity contribution is -0.0612. The quantitative estimate of drug-likeness (QED) is 0.599. The van der Waals surface area contributed by atoms with E-state index in [2.05, 4.69) is 5.32 Å². The molecule has 60 valence electrons. The molecule has 1 aliphatic rings. The fourth-order valence-corrected chi connectivity index (χ4v) is 1.45. The average Bonchev–Trinajstić information content (AvgIpc) is 1.87. The largest absolute Gasteiger partial charge is 0.312 e. The SMILES string of the molecule is CNC1CCCCC1(F)F. The van der Waals surface area contributed by atoms with Crippen molar-refractivity contribution in [2.75, 3.05) is 7.05 Å². The predicted octanol–water partition coefficient (Wildman–Crippen LogP) is 1.78. The highest BCUT2D eigenvalue weighted by Crippen LogP contribution is 2.32. The number of hydrogen-bond donors (Lipinski definition) is 1. The van der Waals surface area contributed by atoms with Crippen molar-refractivity contribution in [3.63, 3.8) is 0 Å². The normalized spacial score (nSPS) is 32.1. The first-order valence-corrected chi connectivity index (χ1v) is 3.72. The van der Waals surface area contributed by atoms with Crippen molar-refractivity contribution in [3.8, 4) is 0 Å². The second-order valence-electron chi connectivity index (χ2n) is 2.85. The molecule has 0 aromatic carbocycles. The summed E-state index contributed by atoms with van der Waals surface area (Å²) < 4.78 is 25.6. The van der Waals surface area contributed by atoms with Gasteiger partial charge in [-0.15, -0.1) is 0 Å². The minimum atomic E-state index is -2.47. The van der Waals surface area contributed by atoms with Crippen LogP contribution >= 0.6 is 0 Å². The van der Waals surface area contributed by atoms with Crippen LogP contribution in [0.5, 0.6) is 0 Å². The number of hydrogen-bond acceptors (Lipinski definition) is 1. The first-order chi connectivity index (χ1) is 4.67. The third-order valence-corrected chi connectivity index (χ3v) is 2.11. The maximum Gasteiger partial charge on any atom is 0.263 e. The van der Waals surface area contributed by atoms with Crippen LogP contribution in [0.4, 0.5) is 8.78 Å². The van der Waals surface area contributed by atoms with Gasteiger partial charge < -0.3 is 5.32 Å². The van der Waals surface area contributed by atoms with Crippen LogP contribution in [0.3, 0.4) is 0 Å². The maximum absolute atomic E-state index is 12.8.